The first kappa shape index (κ1) is 35.5. The molecule has 0 radical (unpaired) electrons. The van der Waals surface area contributed by atoms with Crippen molar-refractivity contribution in [1.82, 2.24) is 14.9 Å². The van der Waals surface area contributed by atoms with Crippen molar-refractivity contribution in [2.75, 3.05) is 44.4 Å². The van der Waals surface area contributed by atoms with Crippen LogP contribution < -0.4 is 9.64 Å². The molecule has 0 amide bonds. The quantitative estimate of drug-likeness (QED) is 0.222. The van der Waals surface area contributed by atoms with E-state index in [4.69, 9.17) is 24.2 Å². The van der Waals surface area contributed by atoms with E-state index in [1.54, 1.807) is 11.3 Å². The summed E-state index contributed by atoms with van der Waals surface area (Å²) in [6, 6.07) is 15.7. The third-order valence-corrected chi connectivity index (χ3v) is 12.5. The van der Waals surface area contributed by atoms with Crippen LogP contribution in [0.2, 0.25) is 0 Å². The van der Waals surface area contributed by atoms with E-state index < -0.39 is 17.7 Å². The van der Waals surface area contributed by atoms with Gasteiger partial charge in [0.2, 0.25) is 0 Å². The van der Waals surface area contributed by atoms with Crippen molar-refractivity contribution in [3.63, 3.8) is 0 Å². The zero-order chi connectivity index (χ0) is 36.1. The molecule has 6 bridgehead atoms. The molecule has 2 aromatic heterocycles. The molecule has 0 saturated carbocycles. The number of nitrogens with zero attached hydrogens (tertiary/aromatic N) is 4. The maximum Gasteiger partial charge on any atom is 0.337 e. The second kappa shape index (κ2) is 14.3. The maximum absolute atomic E-state index is 13.0. The molecule has 0 spiro atoms. The molecule has 9 nitrogen and oxygen atoms in total. The Morgan fingerprint density at radius 1 is 1.04 bits per heavy atom. The van der Waals surface area contributed by atoms with Crippen LogP contribution in [-0.2, 0) is 14.3 Å². The van der Waals surface area contributed by atoms with Gasteiger partial charge in [-0.3, -0.25) is 4.90 Å². The molecule has 8 rings (SSSR count). The summed E-state index contributed by atoms with van der Waals surface area (Å²) in [5.74, 6) is 1.93. The lowest BCUT2D eigenvalue weighted by atomic mass is 9.84. The largest absolute Gasteiger partial charge is 0.493 e. The Morgan fingerprint density at radius 2 is 1.87 bits per heavy atom. The standard InChI is InChI=1S/C42H52N4O5S/c1-25-9-6-7-10-27-15-18-50-34-14-13-28(21-31(27)34)37-36(38(41(47)48)51-42(3,4)5)26(2)20-33-39(37)52-40(44-33)32-11-8-12-35(43-32)46-17-16-45(22-29(46)19-25)30-23-49-24-30/h8,11-14,20-21,25,27,29-30,38H,6-7,9-10,15-19,22-24H2,1-5H3,(H,47,48). The molecule has 1 N–H and O–H groups in total. The number of thiazole rings is 1. The van der Waals surface area contributed by atoms with Gasteiger partial charge in [0.05, 0.1) is 41.7 Å². The third kappa shape index (κ3) is 7.07. The van der Waals surface area contributed by atoms with E-state index in [0.717, 1.165) is 108 Å². The van der Waals surface area contributed by atoms with E-state index in [2.05, 4.69) is 53.1 Å². The highest BCUT2D eigenvalue weighted by atomic mass is 32.1. The Labute approximate surface area is 311 Å². The fourth-order valence-electron chi connectivity index (χ4n) is 8.77. The fourth-order valence-corrected chi connectivity index (χ4v) is 9.86. The number of fused-ring (bicyclic) bond motifs is 8. The van der Waals surface area contributed by atoms with Crippen LogP contribution in [0.5, 0.6) is 5.75 Å². The summed E-state index contributed by atoms with van der Waals surface area (Å²) in [6.07, 6.45) is 5.64. The lowest BCUT2D eigenvalue weighted by Crippen LogP contribution is -2.60. The Balaban J connectivity index is 1.29. The number of carbonyl (C=O) groups is 1. The number of piperazine rings is 1. The molecule has 4 unspecified atom stereocenters. The summed E-state index contributed by atoms with van der Waals surface area (Å²) < 4.78 is 19.1. The number of hydrogen-bond acceptors (Lipinski definition) is 9. The number of benzene rings is 2. The zero-order valence-electron chi connectivity index (χ0n) is 31.2. The zero-order valence-corrected chi connectivity index (χ0v) is 32.0. The molecule has 2 fully saturated rings. The van der Waals surface area contributed by atoms with E-state index in [1.807, 2.05) is 33.8 Å². The van der Waals surface area contributed by atoms with Crippen LogP contribution in [0.3, 0.4) is 0 Å². The molecular formula is C42H52N4O5S. The number of pyridine rings is 1. The SMILES string of the molecule is Cc1cc2nc3sc2c(c1C(OC(C)(C)C)C(=O)O)-c1ccc2c(c1)C(CCCCC(C)CC1CN(C4COC4)CCN1c1cccc-3n1)CCO2. The van der Waals surface area contributed by atoms with Crippen molar-refractivity contribution >= 4 is 33.3 Å². The Bertz CT molecular complexity index is 1950. The predicted octanol–water partition coefficient (Wildman–Crippen LogP) is 8.63. The van der Waals surface area contributed by atoms with Crippen LogP contribution in [0.15, 0.2) is 42.5 Å². The van der Waals surface area contributed by atoms with Gasteiger partial charge in [0.25, 0.3) is 0 Å². The summed E-state index contributed by atoms with van der Waals surface area (Å²) in [5.41, 5.74) is 5.60. The summed E-state index contributed by atoms with van der Waals surface area (Å²) in [6.45, 7) is 15.5. The van der Waals surface area contributed by atoms with Crippen LogP contribution >= 0.6 is 11.3 Å². The molecule has 52 heavy (non-hydrogen) atoms. The molecule has 4 aliphatic heterocycles. The topological polar surface area (TPSA) is 97.2 Å². The minimum atomic E-state index is -1.15. The van der Waals surface area contributed by atoms with Crippen LogP contribution in [0.4, 0.5) is 5.82 Å². The van der Waals surface area contributed by atoms with Crippen molar-refractivity contribution in [3.8, 4) is 27.6 Å². The lowest BCUT2D eigenvalue weighted by Gasteiger charge is -2.47. The van der Waals surface area contributed by atoms with E-state index in [0.29, 0.717) is 29.5 Å². The number of hydrogen-bond donors (Lipinski definition) is 1. The van der Waals surface area contributed by atoms with Crippen LogP contribution in [0.25, 0.3) is 32.0 Å². The number of aryl methyl sites for hydroxylation is 1. The summed E-state index contributed by atoms with van der Waals surface area (Å²) in [4.78, 5) is 28.7. The highest BCUT2D eigenvalue weighted by molar-refractivity contribution is 7.22. The molecule has 276 valence electrons. The summed E-state index contributed by atoms with van der Waals surface area (Å²) in [7, 11) is 0. The van der Waals surface area contributed by atoms with Crippen LogP contribution in [0, 0.1) is 12.8 Å². The van der Waals surface area contributed by atoms with Crippen molar-refractivity contribution < 1.29 is 24.1 Å². The lowest BCUT2D eigenvalue weighted by molar-refractivity contribution is -0.160. The molecule has 4 atom stereocenters. The van der Waals surface area contributed by atoms with Crippen molar-refractivity contribution in [1.29, 1.82) is 0 Å². The van der Waals surface area contributed by atoms with Crippen molar-refractivity contribution in [2.24, 2.45) is 5.92 Å². The normalized spacial score (nSPS) is 23.6. The van der Waals surface area contributed by atoms with Crippen molar-refractivity contribution in [2.45, 2.75) is 103 Å². The number of aromatic nitrogens is 2. The molecule has 0 aliphatic carbocycles. The second-order valence-electron chi connectivity index (χ2n) is 16.4. The number of aliphatic carboxylic acids is 1. The van der Waals surface area contributed by atoms with Gasteiger partial charge in [-0.05, 0) is 106 Å². The third-order valence-electron chi connectivity index (χ3n) is 11.4. The molecule has 4 aliphatic rings. The number of ether oxygens (including phenoxy) is 3. The first-order valence-corrected chi connectivity index (χ1v) is 20.0. The minimum absolute atomic E-state index is 0.372. The van der Waals surface area contributed by atoms with Gasteiger partial charge in [0, 0.05) is 36.8 Å². The summed E-state index contributed by atoms with van der Waals surface area (Å²) >= 11 is 1.59. The molecular weight excluding hydrogens is 673 g/mol. The number of carboxylic acid groups (broad SMARTS) is 1. The molecule has 6 heterocycles. The van der Waals surface area contributed by atoms with Gasteiger partial charge in [0.15, 0.2) is 6.10 Å². The Morgan fingerprint density at radius 3 is 2.63 bits per heavy atom. The smallest absolute Gasteiger partial charge is 0.337 e. The van der Waals surface area contributed by atoms with Crippen LogP contribution in [0.1, 0.15) is 94.9 Å². The molecule has 2 saturated heterocycles. The maximum atomic E-state index is 13.0. The van der Waals surface area contributed by atoms with Gasteiger partial charge in [-0.25, -0.2) is 14.8 Å². The second-order valence-corrected chi connectivity index (χ2v) is 17.4. The average Bonchev–Trinajstić information content (AvgIpc) is 3.51. The van der Waals surface area contributed by atoms with Crippen LogP contribution in [-0.4, -0.2) is 83.1 Å². The van der Waals surface area contributed by atoms with E-state index >= 15 is 0 Å². The van der Waals surface area contributed by atoms with Gasteiger partial charge >= 0.3 is 5.97 Å². The first-order valence-electron chi connectivity index (χ1n) is 19.2. The number of carboxylic acids is 1. The predicted molar refractivity (Wildman–Crippen MR) is 207 cm³/mol. The highest BCUT2D eigenvalue weighted by Gasteiger charge is 2.36. The molecule has 10 heteroatoms. The fraction of sp³-hybridized carbons (Fsp3) is 0.548. The number of anilines is 1. The Hall–Kier alpha value is -3.57. The van der Waals surface area contributed by atoms with Crippen molar-refractivity contribution in [3.05, 3.63) is 59.2 Å². The van der Waals surface area contributed by atoms with Gasteiger partial charge < -0.3 is 24.2 Å². The van der Waals surface area contributed by atoms with E-state index in [1.165, 1.54) is 24.8 Å². The van der Waals surface area contributed by atoms with Gasteiger partial charge in [0.1, 0.15) is 22.3 Å². The van der Waals surface area contributed by atoms with Gasteiger partial charge in [-0.15, -0.1) is 11.3 Å². The van der Waals surface area contributed by atoms with E-state index in [-0.39, 0.29) is 0 Å². The minimum Gasteiger partial charge on any atom is -0.493 e. The van der Waals surface area contributed by atoms with E-state index in [9.17, 15) is 9.90 Å². The summed E-state index contributed by atoms with van der Waals surface area (Å²) in [5, 5.41) is 11.5. The first-order chi connectivity index (χ1) is 25.0. The van der Waals surface area contributed by atoms with Gasteiger partial charge in [-0.1, -0.05) is 38.3 Å². The van der Waals surface area contributed by atoms with Gasteiger partial charge in [-0.2, -0.15) is 0 Å². The molecule has 2 aromatic carbocycles. The number of rotatable bonds is 4. The monoisotopic (exact) mass is 724 g/mol. The molecule has 4 aromatic rings. The Kier molecular flexibility index (Phi) is 9.78. The highest BCUT2D eigenvalue weighted by Crippen LogP contribution is 2.47. The average molecular weight is 725 g/mol.